The van der Waals surface area contributed by atoms with Gasteiger partial charge in [0.2, 0.25) is 0 Å². The first-order valence-corrected chi connectivity index (χ1v) is 10.7. The molecule has 30 heavy (non-hydrogen) atoms. The summed E-state index contributed by atoms with van der Waals surface area (Å²) >= 11 is 0. The van der Waals surface area contributed by atoms with Crippen molar-refractivity contribution in [2.75, 3.05) is 18.0 Å². The van der Waals surface area contributed by atoms with E-state index in [2.05, 4.69) is 11.8 Å². The molecule has 0 saturated carbocycles. The quantitative estimate of drug-likeness (QED) is 0.669. The minimum atomic E-state index is -0.260. The normalized spacial score (nSPS) is 16.9. The number of imide groups is 1. The van der Waals surface area contributed by atoms with Crippen molar-refractivity contribution in [2.45, 2.75) is 46.1 Å². The number of benzene rings is 2. The standard InChI is InChI=1S/C25H28N2O3/c1-4-18-7-11-20(12-8-18)27-24(28)22(23(25(27)29)26-15-5-6-16-26)19-9-13-21(14-10-19)30-17(2)3/h7-14,17H,4-6,15-16H2,1-3H3. The van der Waals surface area contributed by atoms with Crippen LogP contribution < -0.4 is 9.64 Å². The highest BCUT2D eigenvalue weighted by Gasteiger charge is 2.42. The Balaban J connectivity index is 1.74. The third kappa shape index (κ3) is 3.72. The zero-order chi connectivity index (χ0) is 21.3. The number of ether oxygens (including phenoxy) is 1. The van der Waals surface area contributed by atoms with Crippen LogP contribution in [0.1, 0.15) is 44.7 Å². The number of carbonyl (C=O) groups excluding carboxylic acids is 2. The highest BCUT2D eigenvalue weighted by molar-refractivity contribution is 6.45. The summed E-state index contributed by atoms with van der Waals surface area (Å²) in [4.78, 5) is 30.3. The SMILES string of the molecule is CCc1ccc(N2C(=O)C(c3ccc(OC(C)C)cc3)=C(N3CCCC3)C2=O)cc1. The minimum absolute atomic E-state index is 0.0755. The number of likely N-dealkylation sites (tertiary alicyclic amines) is 1. The summed E-state index contributed by atoms with van der Waals surface area (Å²) < 4.78 is 5.73. The molecule has 2 aromatic carbocycles. The van der Waals surface area contributed by atoms with Gasteiger partial charge in [-0.1, -0.05) is 31.2 Å². The molecule has 0 radical (unpaired) electrons. The van der Waals surface area contributed by atoms with E-state index >= 15 is 0 Å². The van der Waals surface area contributed by atoms with Gasteiger partial charge in [0, 0.05) is 13.1 Å². The maximum Gasteiger partial charge on any atom is 0.282 e. The fourth-order valence-corrected chi connectivity index (χ4v) is 4.10. The lowest BCUT2D eigenvalue weighted by Crippen LogP contribution is -2.34. The second-order valence-electron chi connectivity index (χ2n) is 8.07. The van der Waals surface area contributed by atoms with Gasteiger partial charge in [0.05, 0.1) is 17.4 Å². The van der Waals surface area contributed by atoms with Crippen molar-refractivity contribution in [2.24, 2.45) is 0 Å². The molecule has 2 heterocycles. The Hall–Kier alpha value is -3.08. The zero-order valence-corrected chi connectivity index (χ0v) is 17.9. The number of amides is 2. The van der Waals surface area contributed by atoms with E-state index in [9.17, 15) is 9.59 Å². The van der Waals surface area contributed by atoms with Crippen molar-refractivity contribution in [3.8, 4) is 5.75 Å². The Morgan fingerprint density at radius 3 is 2.10 bits per heavy atom. The van der Waals surface area contributed by atoms with E-state index in [-0.39, 0.29) is 17.9 Å². The molecule has 5 heteroatoms. The predicted octanol–water partition coefficient (Wildman–Crippen LogP) is 4.42. The molecule has 156 valence electrons. The smallest absolute Gasteiger partial charge is 0.282 e. The summed E-state index contributed by atoms with van der Waals surface area (Å²) in [6.07, 6.45) is 3.05. The third-order valence-corrected chi connectivity index (χ3v) is 5.60. The van der Waals surface area contributed by atoms with Crippen molar-refractivity contribution in [1.82, 2.24) is 4.90 Å². The lowest BCUT2D eigenvalue weighted by Gasteiger charge is -2.20. The molecule has 4 rings (SSSR count). The molecule has 0 N–H and O–H groups in total. The van der Waals surface area contributed by atoms with Crippen molar-refractivity contribution in [3.63, 3.8) is 0 Å². The lowest BCUT2D eigenvalue weighted by molar-refractivity contribution is -0.120. The fourth-order valence-electron chi connectivity index (χ4n) is 4.10. The number of aryl methyl sites for hydroxylation is 1. The van der Waals surface area contributed by atoms with Crippen LogP contribution in [0.4, 0.5) is 5.69 Å². The van der Waals surface area contributed by atoms with Crippen LogP contribution in [0.25, 0.3) is 5.57 Å². The van der Waals surface area contributed by atoms with Gasteiger partial charge in [-0.15, -0.1) is 0 Å². The Kier molecular flexibility index (Phi) is 5.62. The first kappa shape index (κ1) is 20.2. The van der Waals surface area contributed by atoms with Gasteiger partial charge < -0.3 is 9.64 Å². The number of carbonyl (C=O) groups is 2. The van der Waals surface area contributed by atoms with Gasteiger partial charge in [-0.05, 0) is 68.5 Å². The van der Waals surface area contributed by atoms with Crippen LogP contribution in [0, 0.1) is 0 Å². The van der Waals surface area contributed by atoms with Gasteiger partial charge in [-0.25, -0.2) is 4.90 Å². The molecule has 2 aromatic rings. The van der Waals surface area contributed by atoms with Crippen molar-refractivity contribution >= 4 is 23.1 Å². The van der Waals surface area contributed by atoms with Crippen molar-refractivity contribution < 1.29 is 14.3 Å². The summed E-state index contributed by atoms with van der Waals surface area (Å²) in [5.74, 6) is 0.258. The molecule has 1 fully saturated rings. The number of hydrogen-bond donors (Lipinski definition) is 0. The fraction of sp³-hybridized carbons (Fsp3) is 0.360. The summed E-state index contributed by atoms with van der Waals surface area (Å²) in [6.45, 7) is 7.63. The van der Waals surface area contributed by atoms with Crippen LogP contribution >= 0.6 is 0 Å². The molecular formula is C25H28N2O3. The molecule has 2 aliphatic rings. The topological polar surface area (TPSA) is 49.9 Å². The molecule has 0 aliphatic carbocycles. The van der Waals surface area contributed by atoms with Crippen LogP contribution in [0.5, 0.6) is 5.75 Å². The molecule has 0 bridgehead atoms. The largest absolute Gasteiger partial charge is 0.491 e. The zero-order valence-electron chi connectivity index (χ0n) is 17.9. The first-order chi connectivity index (χ1) is 14.5. The minimum Gasteiger partial charge on any atom is -0.491 e. The second kappa shape index (κ2) is 8.34. The second-order valence-corrected chi connectivity index (χ2v) is 8.07. The van der Waals surface area contributed by atoms with E-state index in [1.165, 1.54) is 10.5 Å². The van der Waals surface area contributed by atoms with E-state index in [1.807, 2.05) is 62.4 Å². The number of nitrogens with zero attached hydrogens (tertiary/aromatic N) is 2. The van der Waals surface area contributed by atoms with Gasteiger partial charge in [-0.3, -0.25) is 9.59 Å². The first-order valence-electron chi connectivity index (χ1n) is 10.7. The maximum atomic E-state index is 13.5. The lowest BCUT2D eigenvalue weighted by atomic mass is 10.0. The molecule has 2 aliphatic heterocycles. The highest BCUT2D eigenvalue weighted by atomic mass is 16.5. The molecule has 2 amide bonds. The van der Waals surface area contributed by atoms with Crippen LogP contribution in [0.2, 0.25) is 0 Å². The third-order valence-electron chi connectivity index (χ3n) is 5.60. The monoisotopic (exact) mass is 404 g/mol. The molecule has 0 spiro atoms. The summed E-state index contributed by atoms with van der Waals surface area (Å²) in [7, 11) is 0. The van der Waals surface area contributed by atoms with Gasteiger partial charge >= 0.3 is 0 Å². The van der Waals surface area contributed by atoms with E-state index < -0.39 is 0 Å². The van der Waals surface area contributed by atoms with E-state index in [4.69, 9.17) is 4.74 Å². The van der Waals surface area contributed by atoms with Crippen molar-refractivity contribution in [3.05, 3.63) is 65.4 Å². The maximum absolute atomic E-state index is 13.5. The van der Waals surface area contributed by atoms with Crippen LogP contribution in [-0.4, -0.2) is 35.9 Å². The molecular weight excluding hydrogens is 376 g/mol. The van der Waals surface area contributed by atoms with Gasteiger partial charge in [0.25, 0.3) is 11.8 Å². The molecule has 5 nitrogen and oxygen atoms in total. The van der Waals surface area contributed by atoms with Crippen molar-refractivity contribution in [1.29, 1.82) is 0 Å². The number of rotatable bonds is 6. The average Bonchev–Trinajstić information content (AvgIpc) is 3.34. The van der Waals surface area contributed by atoms with Gasteiger partial charge in [0.15, 0.2) is 0 Å². The van der Waals surface area contributed by atoms with E-state index in [0.717, 1.165) is 43.7 Å². The number of hydrogen-bond acceptors (Lipinski definition) is 4. The average molecular weight is 405 g/mol. The molecule has 0 unspecified atom stereocenters. The molecule has 0 aromatic heterocycles. The Morgan fingerprint density at radius 1 is 0.900 bits per heavy atom. The summed E-state index contributed by atoms with van der Waals surface area (Å²) in [6, 6.07) is 15.1. The van der Waals surface area contributed by atoms with Gasteiger partial charge in [-0.2, -0.15) is 0 Å². The molecule has 0 atom stereocenters. The Labute approximate surface area is 177 Å². The van der Waals surface area contributed by atoms with E-state index in [1.54, 1.807) is 0 Å². The Bertz CT molecular complexity index is 968. The predicted molar refractivity (Wildman–Crippen MR) is 118 cm³/mol. The van der Waals surface area contributed by atoms with Crippen LogP contribution in [0.15, 0.2) is 54.2 Å². The number of anilines is 1. The highest BCUT2D eigenvalue weighted by Crippen LogP contribution is 2.36. The van der Waals surface area contributed by atoms with Gasteiger partial charge in [0.1, 0.15) is 11.4 Å². The van der Waals surface area contributed by atoms with Crippen LogP contribution in [-0.2, 0) is 16.0 Å². The Morgan fingerprint density at radius 2 is 1.53 bits per heavy atom. The van der Waals surface area contributed by atoms with Crippen LogP contribution in [0.3, 0.4) is 0 Å². The summed E-state index contributed by atoms with van der Waals surface area (Å²) in [5, 5.41) is 0. The van der Waals surface area contributed by atoms with E-state index in [0.29, 0.717) is 17.0 Å². The summed E-state index contributed by atoms with van der Waals surface area (Å²) in [5.41, 5.74) is 3.55. The molecule has 1 saturated heterocycles.